The Balaban J connectivity index is 1.46. The first-order valence-electron chi connectivity index (χ1n) is 11.3. The van der Waals surface area contributed by atoms with Crippen molar-refractivity contribution in [3.63, 3.8) is 0 Å². The van der Waals surface area contributed by atoms with Crippen LogP contribution in [0.1, 0.15) is 50.0 Å². The second-order valence-electron chi connectivity index (χ2n) is 9.18. The zero-order valence-corrected chi connectivity index (χ0v) is 17.6. The molecule has 6 rings (SSSR count). The lowest BCUT2D eigenvalue weighted by Gasteiger charge is -2.51. The molecule has 8 heteroatoms. The van der Waals surface area contributed by atoms with Crippen LogP contribution in [0.25, 0.3) is 0 Å². The topological polar surface area (TPSA) is 77.1 Å². The normalized spacial score (nSPS) is 34.0. The third kappa shape index (κ3) is 4.03. The van der Waals surface area contributed by atoms with E-state index in [1.54, 1.807) is 17.0 Å². The van der Waals surface area contributed by atoms with Crippen LogP contribution in [0.4, 0.5) is 4.39 Å². The molecule has 4 aliphatic heterocycles. The van der Waals surface area contributed by atoms with Gasteiger partial charge in [-0.1, -0.05) is 0 Å². The van der Waals surface area contributed by atoms with Gasteiger partial charge in [-0.05, 0) is 62.6 Å². The Hall–Kier alpha value is -2.19. The Morgan fingerprint density at radius 3 is 2.77 bits per heavy atom. The Morgan fingerprint density at radius 2 is 1.97 bits per heavy atom. The van der Waals surface area contributed by atoms with Gasteiger partial charge in [-0.2, -0.15) is 0 Å². The molecule has 31 heavy (non-hydrogen) atoms. The molecule has 4 heterocycles. The maximum Gasteiger partial charge on any atom is 0.260 e. The number of hydrogen-bond acceptors (Lipinski definition) is 5. The minimum atomic E-state index is -0.637. The molecule has 2 atom stereocenters. The summed E-state index contributed by atoms with van der Waals surface area (Å²) in [4.78, 5) is 27.2. The standard InChI is InChI=1S/C23H29FN2O5/c24-16-4-7-19-18(10-16)15-2-5-17(6-3-15)30-11-20-23(14-29-12-21(27)25-23)8-1-9-26(20)22(28)13-31-19/h4,7,10,15,17,20H,1-3,5-6,8-9,11-14H2,(H,25,27)/t15-,17+,20-,23+/m0/s1. The minimum absolute atomic E-state index is 0.0454. The number of piperidine rings is 1. The van der Waals surface area contributed by atoms with Crippen molar-refractivity contribution in [2.75, 3.05) is 33.0 Å². The summed E-state index contributed by atoms with van der Waals surface area (Å²) in [6, 6.07) is 4.24. The van der Waals surface area contributed by atoms with Gasteiger partial charge in [0.25, 0.3) is 5.91 Å². The molecular weight excluding hydrogens is 403 g/mol. The van der Waals surface area contributed by atoms with Gasteiger partial charge >= 0.3 is 0 Å². The van der Waals surface area contributed by atoms with E-state index in [-0.39, 0.29) is 48.9 Å². The number of nitrogens with zero attached hydrogens (tertiary/aromatic N) is 1. The van der Waals surface area contributed by atoms with Crippen molar-refractivity contribution in [3.8, 4) is 5.75 Å². The Kier molecular flexibility index (Phi) is 5.60. The number of nitrogens with one attached hydrogen (secondary N) is 1. The second kappa shape index (κ2) is 8.39. The number of carbonyl (C=O) groups excluding carboxylic acids is 2. The lowest BCUT2D eigenvalue weighted by atomic mass is 9.80. The van der Waals surface area contributed by atoms with Gasteiger partial charge in [0.2, 0.25) is 5.91 Å². The number of hydrogen-bond donors (Lipinski definition) is 1. The average molecular weight is 432 g/mol. The molecule has 2 amide bonds. The third-order valence-corrected chi connectivity index (χ3v) is 7.26. The van der Waals surface area contributed by atoms with Crippen molar-refractivity contribution in [3.05, 3.63) is 29.6 Å². The molecule has 7 nitrogen and oxygen atoms in total. The van der Waals surface area contributed by atoms with Crippen molar-refractivity contribution >= 4 is 11.8 Å². The summed E-state index contributed by atoms with van der Waals surface area (Å²) in [5, 5.41) is 3.12. The van der Waals surface area contributed by atoms with Crippen LogP contribution in [-0.2, 0) is 19.1 Å². The number of fused-ring (bicyclic) bond motifs is 5. The van der Waals surface area contributed by atoms with E-state index in [0.29, 0.717) is 25.5 Å². The van der Waals surface area contributed by atoms with Gasteiger partial charge in [-0.25, -0.2) is 4.39 Å². The SMILES string of the molecule is O=C1COC[C@@]2(CCCN3C(=O)COc4ccc(F)cc4[C@H]4CC[C@H](CC4)OC[C@H]32)N1. The van der Waals surface area contributed by atoms with Crippen LogP contribution in [0.15, 0.2) is 18.2 Å². The van der Waals surface area contributed by atoms with Crippen LogP contribution in [0.5, 0.6) is 5.75 Å². The molecule has 1 saturated carbocycles. The summed E-state index contributed by atoms with van der Waals surface area (Å²) in [6.45, 7) is 1.22. The van der Waals surface area contributed by atoms with Gasteiger partial charge in [0.15, 0.2) is 6.61 Å². The monoisotopic (exact) mass is 432 g/mol. The van der Waals surface area contributed by atoms with Gasteiger partial charge < -0.3 is 24.4 Å². The molecule has 168 valence electrons. The Bertz CT molecular complexity index is 852. The summed E-state index contributed by atoms with van der Waals surface area (Å²) < 4.78 is 31.8. The highest BCUT2D eigenvalue weighted by Crippen LogP contribution is 2.40. The summed E-state index contributed by atoms with van der Waals surface area (Å²) >= 11 is 0. The second-order valence-corrected chi connectivity index (χ2v) is 9.18. The third-order valence-electron chi connectivity index (χ3n) is 7.26. The molecule has 0 aromatic heterocycles. The number of rotatable bonds is 0. The molecule has 1 aromatic carbocycles. The molecule has 5 aliphatic rings. The van der Waals surface area contributed by atoms with Gasteiger partial charge in [0, 0.05) is 12.1 Å². The summed E-state index contributed by atoms with van der Waals surface area (Å²) in [6.07, 6.45) is 5.11. The molecular formula is C23H29FN2O5. The zero-order valence-electron chi connectivity index (χ0n) is 17.6. The van der Waals surface area contributed by atoms with E-state index in [2.05, 4.69) is 5.32 Å². The molecule has 0 radical (unpaired) electrons. The number of ether oxygens (including phenoxy) is 3. The first-order valence-corrected chi connectivity index (χ1v) is 11.3. The van der Waals surface area contributed by atoms with Crippen LogP contribution in [0.2, 0.25) is 0 Å². The molecule has 1 aromatic rings. The fourth-order valence-electron chi connectivity index (χ4n) is 5.68. The van der Waals surface area contributed by atoms with Crippen molar-refractivity contribution in [2.45, 2.75) is 62.1 Å². The lowest BCUT2D eigenvalue weighted by molar-refractivity contribution is -0.156. The zero-order chi connectivity index (χ0) is 21.4. The molecule has 1 N–H and O–H groups in total. The smallest absolute Gasteiger partial charge is 0.260 e. The van der Waals surface area contributed by atoms with Crippen molar-refractivity contribution < 1.29 is 28.2 Å². The Morgan fingerprint density at radius 1 is 1.13 bits per heavy atom. The van der Waals surface area contributed by atoms with E-state index >= 15 is 0 Å². The van der Waals surface area contributed by atoms with Crippen LogP contribution >= 0.6 is 0 Å². The van der Waals surface area contributed by atoms with E-state index in [9.17, 15) is 14.0 Å². The highest BCUT2D eigenvalue weighted by Gasteiger charge is 2.49. The molecule has 0 unspecified atom stereocenters. The van der Waals surface area contributed by atoms with E-state index in [1.165, 1.54) is 6.07 Å². The van der Waals surface area contributed by atoms with Crippen LogP contribution in [-0.4, -0.2) is 67.4 Å². The number of morpholine rings is 1. The van der Waals surface area contributed by atoms with Crippen LogP contribution < -0.4 is 10.1 Å². The summed E-state index contributed by atoms with van der Waals surface area (Å²) in [5.74, 6) is 0.172. The summed E-state index contributed by atoms with van der Waals surface area (Å²) in [5.41, 5.74) is 0.201. The Labute approximate surface area is 181 Å². The number of benzene rings is 1. The predicted molar refractivity (Wildman–Crippen MR) is 109 cm³/mol. The maximum atomic E-state index is 14.0. The van der Waals surface area contributed by atoms with E-state index in [4.69, 9.17) is 14.2 Å². The first kappa shape index (κ1) is 20.7. The van der Waals surface area contributed by atoms with Gasteiger partial charge in [-0.3, -0.25) is 9.59 Å². The van der Waals surface area contributed by atoms with Gasteiger partial charge in [0.05, 0.1) is 30.9 Å². The molecule has 2 saturated heterocycles. The summed E-state index contributed by atoms with van der Waals surface area (Å²) in [7, 11) is 0. The largest absolute Gasteiger partial charge is 0.483 e. The predicted octanol–water partition coefficient (Wildman–Crippen LogP) is 2.14. The van der Waals surface area contributed by atoms with E-state index in [0.717, 1.165) is 44.1 Å². The number of carbonyl (C=O) groups is 2. The molecule has 1 aliphatic carbocycles. The van der Waals surface area contributed by atoms with Crippen molar-refractivity contribution in [1.29, 1.82) is 0 Å². The average Bonchev–Trinajstić information content (AvgIpc) is 2.78. The van der Waals surface area contributed by atoms with E-state index < -0.39 is 5.54 Å². The van der Waals surface area contributed by atoms with Gasteiger partial charge in [-0.15, -0.1) is 0 Å². The maximum absolute atomic E-state index is 14.0. The highest BCUT2D eigenvalue weighted by atomic mass is 19.1. The van der Waals surface area contributed by atoms with Crippen LogP contribution in [0, 0.1) is 5.82 Å². The molecule has 1 spiro atoms. The number of halogens is 1. The lowest BCUT2D eigenvalue weighted by Crippen LogP contribution is -2.72. The van der Waals surface area contributed by atoms with Crippen molar-refractivity contribution in [1.82, 2.24) is 10.2 Å². The van der Waals surface area contributed by atoms with E-state index in [1.807, 2.05) is 0 Å². The first-order chi connectivity index (χ1) is 15.0. The fourth-order valence-corrected chi connectivity index (χ4v) is 5.68. The fraction of sp³-hybridized carbons (Fsp3) is 0.652. The van der Waals surface area contributed by atoms with Crippen LogP contribution in [0.3, 0.4) is 0 Å². The van der Waals surface area contributed by atoms with Gasteiger partial charge in [0.1, 0.15) is 18.2 Å². The highest BCUT2D eigenvalue weighted by molar-refractivity contribution is 5.81. The van der Waals surface area contributed by atoms with Crippen molar-refractivity contribution in [2.24, 2.45) is 0 Å². The minimum Gasteiger partial charge on any atom is -0.483 e. The number of amides is 2. The molecule has 2 bridgehead atoms. The quantitative estimate of drug-likeness (QED) is 0.680. The molecule has 3 fully saturated rings.